The summed E-state index contributed by atoms with van der Waals surface area (Å²) in [6.07, 6.45) is 1.63. The minimum atomic E-state index is -0.329. The molecule has 8 nitrogen and oxygen atoms in total. The van der Waals surface area contributed by atoms with Crippen molar-refractivity contribution in [3.8, 4) is 5.75 Å². The van der Waals surface area contributed by atoms with Gasteiger partial charge in [-0.05, 0) is 29.8 Å². The fourth-order valence-electron chi connectivity index (χ4n) is 2.94. The van der Waals surface area contributed by atoms with Crippen molar-refractivity contribution in [1.82, 2.24) is 15.5 Å². The van der Waals surface area contributed by atoms with Gasteiger partial charge in [-0.2, -0.15) is 0 Å². The van der Waals surface area contributed by atoms with Gasteiger partial charge in [0.25, 0.3) is 5.91 Å². The van der Waals surface area contributed by atoms with Crippen molar-refractivity contribution in [3.63, 3.8) is 0 Å². The minimum absolute atomic E-state index is 0.136. The number of carbonyl (C=O) groups is 2. The van der Waals surface area contributed by atoms with E-state index < -0.39 is 0 Å². The lowest BCUT2D eigenvalue weighted by Crippen LogP contribution is -2.38. The average molecular weight is 401 g/mol. The standard InChI is InChI=1S/C21H27N3O5/c25-20(6-7-22-21(26)19-5-2-11-29-19)23-16-17-3-1-4-18(15-17)28-14-10-24-8-12-27-13-9-24/h1-5,11,15H,6-10,12-14,16H2,(H,22,26)(H,23,25). The molecule has 2 aromatic rings. The SMILES string of the molecule is O=C(CCNC(=O)c1ccco1)NCc1cccc(OCCN2CCOCC2)c1. The molecule has 29 heavy (non-hydrogen) atoms. The summed E-state index contributed by atoms with van der Waals surface area (Å²) in [6, 6.07) is 10.9. The van der Waals surface area contributed by atoms with Crippen LogP contribution >= 0.6 is 0 Å². The van der Waals surface area contributed by atoms with Crippen molar-refractivity contribution >= 4 is 11.8 Å². The minimum Gasteiger partial charge on any atom is -0.492 e. The molecule has 0 unspecified atom stereocenters. The topological polar surface area (TPSA) is 93.0 Å². The maximum atomic E-state index is 12.0. The number of ether oxygens (including phenoxy) is 2. The molecule has 0 radical (unpaired) electrons. The number of hydrogen-bond acceptors (Lipinski definition) is 6. The first-order valence-electron chi connectivity index (χ1n) is 9.81. The monoisotopic (exact) mass is 401 g/mol. The van der Waals surface area contributed by atoms with Crippen LogP contribution in [0, 0.1) is 0 Å². The second-order valence-electron chi connectivity index (χ2n) is 6.71. The van der Waals surface area contributed by atoms with E-state index in [0.29, 0.717) is 13.2 Å². The van der Waals surface area contributed by atoms with Crippen LogP contribution in [-0.4, -0.2) is 62.7 Å². The molecule has 0 atom stereocenters. The van der Waals surface area contributed by atoms with E-state index in [1.807, 2.05) is 24.3 Å². The van der Waals surface area contributed by atoms with Gasteiger partial charge < -0.3 is 24.5 Å². The Labute approximate surface area is 170 Å². The summed E-state index contributed by atoms with van der Waals surface area (Å²) in [4.78, 5) is 26.0. The van der Waals surface area contributed by atoms with Crippen molar-refractivity contribution in [2.24, 2.45) is 0 Å². The number of morpholine rings is 1. The molecule has 1 aliphatic heterocycles. The Bertz CT molecular complexity index is 772. The molecule has 1 aromatic carbocycles. The highest BCUT2D eigenvalue weighted by Gasteiger charge is 2.10. The van der Waals surface area contributed by atoms with Crippen molar-refractivity contribution in [2.75, 3.05) is 46.0 Å². The lowest BCUT2D eigenvalue weighted by atomic mass is 10.2. The normalized spacial score (nSPS) is 14.3. The Hall–Kier alpha value is -2.84. The summed E-state index contributed by atoms with van der Waals surface area (Å²) in [5.74, 6) is 0.555. The average Bonchev–Trinajstić information content (AvgIpc) is 3.28. The second-order valence-corrected chi connectivity index (χ2v) is 6.71. The fraction of sp³-hybridized carbons (Fsp3) is 0.429. The number of hydrogen-bond donors (Lipinski definition) is 2. The predicted octanol–water partition coefficient (Wildman–Crippen LogP) is 1.43. The molecule has 1 aromatic heterocycles. The fourth-order valence-corrected chi connectivity index (χ4v) is 2.94. The summed E-state index contributed by atoms with van der Waals surface area (Å²) < 4.78 is 16.2. The Morgan fingerprint density at radius 1 is 1.10 bits per heavy atom. The maximum Gasteiger partial charge on any atom is 0.286 e. The summed E-state index contributed by atoms with van der Waals surface area (Å²) in [6.45, 7) is 5.58. The van der Waals surface area contributed by atoms with E-state index in [0.717, 1.165) is 44.2 Å². The van der Waals surface area contributed by atoms with Gasteiger partial charge in [-0.1, -0.05) is 12.1 Å². The van der Waals surface area contributed by atoms with E-state index in [-0.39, 0.29) is 30.5 Å². The number of nitrogens with one attached hydrogen (secondary N) is 2. The number of benzene rings is 1. The predicted molar refractivity (Wildman–Crippen MR) is 107 cm³/mol. The molecule has 2 amide bonds. The number of rotatable bonds is 10. The number of nitrogens with zero attached hydrogens (tertiary/aromatic N) is 1. The number of carbonyl (C=O) groups excluding carboxylic acids is 2. The first-order valence-corrected chi connectivity index (χ1v) is 9.81. The van der Waals surface area contributed by atoms with Crippen LogP contribution in [0.15, 0.2) is 47.1 Å². The summed E-state index contributed by atoms with van der Waals surface area (Å²) in [7, 11) is 0. The largest absolute Gasteiger partial charge is 0.492 e. The molecule has 1 saturated heterocycles. The van der Waals surface area contributed by atoms with E-state index in [1.165, 1.54) is 6.26 Å². The van der Waals surface area contributed by atoms with Gasteiger partial charge in [-0.25, -0.2) is 0 Å². The Morgan fingerprint density at radius 3 is 2.76 bits per heavy atom. The van der Waals surface area contributed by atoms with E-state index in [4.69, 9.17) is 13.9 Å². The van der Waals surface area contributed by atoms with Crippen molar-refractivity contribution in [1.29, 1.82) is 0 Å². The zero-order valence-corrected chi connectivity index (χ0v) is 16.4. The molecular weight excluding hydrogens is 374 g/mol. The first kappa shape index (κ1) is 20.9. The van der Waals surface area contributed by atoms with Gasteiger partial charge in [0.05, 0.1) is 19.5 Å². The Kier molecular flexibility index (Phi) is 8.09. The van der Waals surface area contributed by atoms with Crippen LogP contribution in [0.2, 0.25) is 0 Å². The summed E-state index contributed by atoms with van der Waals surface area (Å²) in [5.41, 5.74) is 0.960. The lowest BCUT2D eigenvalue weighted by Gasteiger charge is -2.26. The highest BCUT2D eigenvalue weighted by molar-refractivity contribution is 5.91. The van der Waals surface area contributed by atoms with Crippen LogP contribution in [0.4, 0.5) is 0 Å². The van der Waals surface area contributed by atoms with Gasteiger partial charge in [-0.15, -0.1) is 0 Å². The van der Waals surface area contributed by atoms with Crippen LogP contribution in [-0.2, 0) is 16.1 Å². The molecule has 2 heterocycles. The third-order valence-corrected chi connectivity index (χ3v) is 4.55. The van der Waals surface area contributed by atoms with Gasteiger partial charge >= 0.3 is 0 Å². The zero-order chi connectivity index (χ0) is 20.3. The smallest absolute Gasteiger partial charge is 0.286 e. The Morgan fingerprint density at radius 2 is 1.97 bits per heavy atom. The van der Waals surface area contributed by atoms with E-state index in [1.54, 1.807) is 12.1 Å². The van der Waals surface area contributed by atoms with Crippen LogP contribution in [0.25, 0.3) is 0 Å². The van der Waals surface area contributed by atoms with Gasteiger partial charge in [0.1, 0.15) is 12.4 Å². The van der Waals surface area contributed by atoms with E-state index >= 15 is 0 Å². The third-order valence-electron chi connectivity index (χ3n) is 4.55. The van der Waals surface area contributed by atoms with Crippen LogP contribution in [0.5, 0.6) is 5.75 Å². The van der Waals surface area contributed by atoms with E-state index in [2.05, 4.69) is 15.5 Å². The molecule has 156 valence electrons. The summed E-state index contributed by atoms with van der Waals surface area (Å²) in [5, 5.41) is 5.50. The molecule has 0 aliphatic carbocycles. The molecule has 8 heteroatoms. The number of amides is 2. The molecule has 2 N–H and O–H groups in total. The summed E-state index contributed by atoms with van der Waals surface area (Å²) >= 11 is 0. The van der Waals surface area contributed by atoms with Gasteiger partial charge in [0.2, 0.25) is 5.91 Å². The number of furan rings is 1. The first-order chi connectivity index (χ1) is 14.2. The molecule has 1 fully saturated rings. The van der Waals surface area contributed by atoms with Gasteiger partial charge in [-0.3, -0.25) is 14.5 Å². The molecular formula is C21H27N3O5. The molecule has 0 saturated carbocycles. The highest BCUT2D eigenvalue weighted by Crippen LogP contribution is 2.13. The Balaban J connectivity index is 1.32. The van der Waals surface area contributed by atoms with E-state index in [9.17, 15) is 9.59 Å². The second kappa shape index (κ2) is 11.2. The quantitative estimate of drug-likeness (QED) is 0.626. The third kappa shape index (κ3) is 7.24. The van der Waals surface area contributed by atoms with Crippen molar-refractivity contribution in [2.45, 2.75) is 13.0 Å². The highest BCUT2D eigenvalue weighted by atomic mass is 16.5. The van der Waals surface area contributed by atoms with Crippen molar-refractivity contribution < 1.29 is 23.5 Å². The van der Waals surface area contributed by atoms with Gasteiger partial charge in [0, 0.05) is 39.1 Å². The lowest BCUT2D eigenvalue weighted by molar-refractivity contribution is -0.121. The van der Waals surface area contributed by atoms with Crippen molar-refractivity contribution in [3.05, 3.63) is 54.0 Å². The molecule has 1 aliphatic rings. The zero-order valence-electron chi connectivity index (χ0n) is 16.4. The van der Waals surface area contributed by atoms with Crippen LogP contribution < -0.4 is 15.4 Å². The van der Waals surface area contributed by atoms with Gasteiger partial charge in [0.15, 0.2) is 5.76 Å². The molecule has 0 bridgehead atoms. The van der Waals surface area contributed by atoms with Crippen LogP contribution in [0.1, 0.15) is 22.5 Å². The van der Waals surface area contributed by atoms with Crippen LogP contribution in [0.3, 0.4) is 0 Å². The molecule has 3 rings (SSSR count). The maximum absolute atomic E-state index is 12.0. The molecule has 0 spiro atoms.